The summed E-state index contributed by atoms with van der Waals surface area (Å²) >= 11 is 0. The topological polar surface area (TPSA) is 84.9 Å². The number of benzene rings is 2. The number of carbonyl (C=O) groups is 1. The summed E-state index contributed by atoms with van der Waals surface area (Å²) in [6.45, 7) is 2.09. The number of nitrogens with one attached hydrogen (secondary N) is 1. The number of para-hydroxylation sites is 1. The molecule has 0 fully saturated rings. The average Bonchev–Trinajstić information content (AvgIpc) is 2.70. The van der Waals surface area contributed by atoms with E-state index in [4.69, 9.17) is 9.47 Å². The molecule has 2 aromatic rings. The van der Waals surface area contributed by atoms with E-state index >= 15 is 0 Å². The second kappa shape index (κ2) is 10.8. The monoisotopic (exact) mass is 438 g/mol. The number of amides is 1. The zero-order valence-electron chi connectivity index (χ0n) is 17.3. The summed E-state index contributed by atoms with van der Waals surface area (Å²) < 4.78 is 49.7. The highest BCUT2D eigenvalue weighted by Crippen LogP contribution is 2.22. The molecule has 0 aromatic heterocycles. The van der Waals surface area contributed by atoms with Crippen molar-refractivity contribution in [1.29, 1.82) is 0 Å². The van der Waals surface area contributed by atoms with E-state index in [-0.39, 0.29) is 43.6 Å². The number of anilines is 1. The molecule has 0 heterocycles. The highest BCUT2D eigenvalue weighted by Gasteiger charge is 2.20. The molecule has 0 spiro atoms. The molecular formula is C21H27FN2O5S. The summed E-state index contributed by atoms with van der Waals surface area (Å²) in [5.74, 6) is 0.521. The lowest BCUT2D eigenvalue weighted by molar-refractivity contribution is -0.121. The maximum absolute atomic E-state index is 14.0. The van der Waals surface area contributed by atoms with Gasteiger partial charge in [-0.3, -0.25) is 9.10 Å². The lowest BCUT2D eigenvalue weighted by atomic mass is 10.2. The largest absolute Gasteiger partial charge is 0.497 e. The van der Waals surface area contributed by atoms with Gasteiger partial charge in [-0.1, -0.05) is 12.1 Å². The van der Waals surface area contributed by atoms with E-state index in [9.17, 15) is 17.6 Å². The van der Waals surface area contributed by atoms with Gasteiger partial charge in [-0.15, -0.1) is 0 Å². The Morgan fingerprint density at radius 1 is 1.13 bits per heavy atom. The molecule has 1 unspecified atom stereocenters. The minimum atomic E-state index is -3.67. The Hall–Kier alpha value is -2.81. The van der Waals surface area contributed by atoms with E-state index in [1.807, 2.05) is 6.92 Å². The fourth-order valence-corrected chi connectivity index (χ4v) is 3.75. The second-order valence-electron chi connectivity index (χ2n) is 6.85. The Labute approximate surface area is 176 Å². The van der Waals surface area contributed by atoms with Crippen molar-refractivity contribution in [3.63, 3.8) is 0 Å². The van der Waals surface area contributed by atoms with Gasteiger partial charge in [-0.05, 0) is 49.7 Å². The van der Waals surface area contributed by atoms with Crippen molar-refractivity contribution < 1.29 is 27.1 Å². The molecule has 2 rings (SSSR count). The number of hydrogen-bond acceptors (Lipinski definition) is 5. The van der Waals surface area contributed by atoms with Crippen molar-refractivity contribution in [2.75, 3.05) is 30.8 Å². The Balaban J connectivity index is 1.80. The van der Waals surface area contributed by atoms with E-state index in [1.54, 1.807) is 37.4 Å². The number of sulfonamides is 1. The zero-order valence-corrected chi connectivity index (χ0v) is 18.1. The van der Waals surface area contributed by atoms with Crippen LogP contribution >= 0.6 is 0 Å². The maximum Gasteiger partial charge on any atom is 0.232 e. The number of nitrogens with zero attached hydrogens (tertiary/aromatic N) is 1. The zero-order chi connectivity index (χ0) is 22.1. The molecule has 0 saturated heterocycles. The average molecular weight is 439 g/mol. The third-order valence-corrected chi connectivity index (χ3v) is 5.43. The van der Waals surface area contributed by atoms with E-state index < -0.39 is 15.8 Å². The maximum atomic E-state index is 14.0. The normalized spacial score (nSPS) is 12.1. The first-order valence-electron chi connectivity index (χ1n) is 9.49. The standard InChI is InChI=1S/C21H27FN2O5S/c1-16(15-29-18-12-10-17(28-2)11-13-18)23-21(25)9-6-14-24(30(3,26)27)20-8-5-4-7-19(20)22/h4-5,7-8,10-13,16H,6,9,14-15H2,1-3H3,(H,23,25). The summed E-state index contributed by atoms with van der Waals surface area (Å²) in [5.41, 5.74) is -0.0262. The number of methoxy groups -OCH3 is 1. The highest BCUT2D eigenvalue weighted by atomic mass is 32.2. The molecule has 30 heavy (non-hydrogen) atoms. The number of hydrogen-bond donors (Lipinski definition) is 1. The predicted octanol–water partition coefficient (Wildman–Crippen LogP) is 2.96. The smallest absolute Gasteiger partial charge is 0.232 e. The van der Waals surface area contributed by atoms with Crippen LogP contribution in [0.4, 0.5) is 10.1 Å². The second-order valence-corrected chi connectivity index (χ2v) is 8.75. The van der Waals surface area contributed by atoms with Crippen LogP contribution in [-0.2, 0) is 14.8 Å². The molecular weight excluding hydrogens is 411 g/mol. The van der Waals surface area contributed by atoms with Gasteiger partial charge in [0.2, 0.25) is 15.9 Å². The van der Waals surface area contributed by atoms with Crippen LogP contribution in [0.3, 0.4) is 0 Å². The van der Waals surface area contributed by atoms with Gasteiger partial charge in [-0.2, -0.15) is 0 Å². The SMILES string of the molecule is COc1ccc(OCC(C)NC(=O)CCCN(c2ccccc2F)S(C)(=O)=O)cc1. The van der Waals surface area contributed by atoms with Gasteiger partial charge in [0.25, 0.3) is 0 Å². The van der Waals surface area contributed by atoms with Gasteiger partial charge in [0.15, 0.2) is 0 Å². The Morgan fingerprint density at radius 3 is 2.37 bits per heavy atom. The van der Waals surface area contributed by atoms with Crippen LogP contribution in [0.5, 0.6) is 11.5 Å². The molecule has 0 aliphatic carbocycles. The van der Waals surface area contributed by atoms with Gasteiger partial charge in [0, 0.05) is 13.0 Å². The van der Waals surface area contributed by atoms with Crippen molar-refractivity contribution in [3.05, 3.63) is 54.3 Å². The Bertz CT molecular complexity index is 935. The van der Waals surface area contributed by atoms with E-state index in [0.717, 1.165) is 16.3 Å². The summed E-state index contributed by atoms with van der Waals surface area (Å²) in [6, 6.07) is 12.5. The molecule has 7 nitrogen and oxygen atoms in total. The van der Waals surface area contributed by atoms with Crippen LogP contribution in [0.25, 0.3) is 0 Å². The van der Waals surface area contributed by atoms with Crippen LogP contribution in [-0.4, -0.2) is 46.9 Å². The van der Waals surface area contributed by atoms with Crippen molar-refractivity contribution in [3.8, 4) is 11.5 Å². The third-order valence-electron chi connectivity index (χ3n) is 4.25. The van der Waals surface area contributed by atoms with Gasteiger partial charge in [0.05, 0.1) is 25.1 Å². The van der Waals surface area contributed by atoms with Gasteiger partial charge >= 0.3 is 0 Å². The van der Waals surface area contributed by atoms with Crippen molar-refractivity contribution >= 4 is 21.6 Å². The van der Waals surface area contributed by atoms with Crippen LogP contribution in [0.15, 0.2) is 48.5 Å². The van der Waals surface area contributed by atoms with Crippen LogP contribution < -0.4 is 19.1 Å². The van der Waals surface area contributed by atoms with Gasteiger partial charge in [-0.25, -0.2) is 12.8 Å². The molecule has 0 bridgehead atoms. The van der Waals surface area contributed by atoms with E-state index in [2.05, 4.69) is 5.32 Å². The van der Waals surface area contributed by atoms with Gasteiger partial charge in [0.1, 0.15) is 23.9 Å². The Kier molecular flexibility index (Phi) is 8.46. The number of carbonyl (C=O) groups excluding carboxylic acids is 1. The number of ether oxygens (including phenoxy) is 2. The van der Waals surface area contributed by atoms with Gasteiger partial charge < -0.3 is 14.8 Å². The highest BCUT2D eigenvalue weighted by molar-refractivity contribution is 7.92. The molecule has 1 amide bonds. The van der Waals surface area contributed by atoms with Crippen LogP contribution in [0.2, 0.25) is 0 Å². The third kappa shape index (κ3) is 7.22. The minimum Gasteiger partial charge on any atom is -0.497 e. The molecule has 2 aromatic carbocycles. The molecule has 0 saturated carbocycles. The Morgan fingerprint density at radius 2 is 1.77 bits per heavy atom. The summed E-state index contributed by atoms with van der Waals surface area (Å²) in [5, 5.41) is 2.81. The van der Waals surface area contributed by atoms with Crippen molar-refractivity contribution in [2.24, 2.45) is 0 Å². The fraction of sp³-hybridized carbons (Fsp3) is 0.381. The molecule has 0 aliphatic rings. The first-order valence-corrected chi connectivity index (χ1v) is 11.3. The lowest BCUT2D eigenvalue weighted by Gasteiger charge is -2.23. The fourth-order valence-electron chi connectivity index (χ4n) is 2.78. The molecule has 9 heteroatoms. The molecule has 0 radical (unpaired) electrons. The van der Waals surface area contributed by atoms with E-state index in [0.29, 0.717) is 5.75 Å². The van der Waals surface area contributed by atoms with Crippen molar-refractivity contribution in [1.82, 2.24) is 5.32 Å². The molecule has 164 valence electrons. The van der Waals surface area contributed by atoms with Crippen molar-refractivity contribution in [2.45, 2.75) is 25.8 Å². The quantitative estimate of drug-likeness (QED) is 0.583. The summed E-state index contributed by atoms with van der Waals surface area (Å²) in [6.07, 6.45) is 1.37. The van der Waals surface area contributed by atoms with E-state index in [1.165, 1.54) is 18.2 Å². The molecule has 1 N–H and O–H groups in total. The van der Waals surface area contributed by atoms with Crippen LogP contribution in [0.1, 0.15) is 19.8 Å². The minimum absolute atomic E-state index is 0.00388. The summed E-state index contributed by atoms with van der Waals surface area (Å²) in [7, 11) is -2.09. The predicted molar refractivity (Wildman–Crippen MR) is 114 cm³/mol. The number of rotatable bonds is 11. The lowest BCUT2D eigenvalue weighted by Crippen LogP contribution is -2.37. The van der Waals surface area contributed by atoms with Crippen LogP contribution in [0, 0.1) is 5.82 Å². The molecule has 1 atom stereocenters. The first kappa shape index (κ1) is 23.5. The first-order chi connectivity index (χ1) is 14.2. The summed E-state index contributed by atoms with van der Waals surface area (Å²) in [4.78, 5) is 12.2. The molecule has 0 aliphatic heterocycles. The number of halogens is 1.